The average molecular weight is 375 g/mol. The number of nitrogens with zero attached hydrogens (tertiary/aromatic N) is 2. The highest BCUT2D eigenvalue weighted by Crippen LogP contribution is 2.18. The minimum atomic E-state index is -0.245. The molecule has 2 aliphatic rings. The van der Waals surface area contributed by atoms with E-state index in [0.29, 0.717) is 32.7 Å². The van der Waals surface area contributed by atoms with Crippen LogP contribution in [-0.4, -0.2) is 74.2 Å². The Balaban J connectivity index is 1.42. The number of hydrogen-bond acceptors (Lipinski definition) is 5. The van der Waals surface area contributed by atoms with E-state index in [0.717, 1.165) is 44.2 Å². The number of morpholine rings is 1. The van der Waals surface area contributed by atoms with Gasteiger partial charge in [0.2, 0.25) is 11.8 Å². The Hall–Kier alpha value is -2.12. The third-order valence-corrected chi connectivity index (χ3v) is 5.11. The van der Waals surface area contributed by atoms with Crippen molar-refractivity contribution in [3.8, 4) is 5.75 Å². The van der Waals surface area contributed by atoms with Gasteiger partial charge in [-0.3, -0.25) is 14.5 Å². The number of ether oxygens (including phenoxy) is 2. The maximum absolute atomic E-state index is 12.3. The molecular weight excluding hydrogens is 346 g/mol. The van der Waals surface area contributed by atoms with Crippen LogP contribution in [0.25, 0.3) is 0 Å². The highest BCUT2D eigenvalue weighted by Gasteiger charge is 2.33. The molecule has 1 atom stereocenters. The van der Waals surface area contributed by atoms with E-state index in [1.54, 1.807) is 4.90 Å². The van der Waals surface area contributed by atoms with Crippen LogP contribution >= 0.6 is 0 Å². The van der Waals surface area contributed by atoms with Crippen LogP contribution in [0, 0.1) is 5.92 Å². The Morgan fingerprint density at radius 3 is 2.89 bits per heavy atom. The van der Waals surface area contributed by atoms with E-state index in [1.807, 2.05) is 31.2 Å². The van der Waals surface area contributed by atoms with Gasteiger partial charge in [0.15, 0.2) is 0 Å². The second kappa shape index (κ2) is 9.71. The molecular formula is C20H29N3O4. The van der Waals surface area contributed by atoms with Crippen LogP contribution in [0.3, 0.4) is 0 Å². The first-order chi connectivity index (χ1) is 13.2. The first-order valence-electron chi connectivity index (χ1n) is 9.73. The molecule has 1 aromatic rings. The molecule has 7 nitrogen and oxygen atoms in total. The molecule has 0 saturated carbocycles. The van der Waals surface area contributed by atoms with E-state index in [2.05, 4.69) is 10.2 Å². The molecule has 7 heteroatoms. The van der Waals surface area contributed by atoms with Crippen molar-refractivity contribution >= 4 is 11.8 Å². The van der Waals surface area contributed by atoms with Crippen LogP contribution in [0.1, 0.15) is 18.9 Å². The summed E-state index contributed by atoms with van der Waals surface area (Å²) in [4.78, 5) is 28.2. The predicted octanol–water partition coefficient (Wildman–Crippen LogP) is 0.882. The summed E-state index contributed by atoms with van der Waals surface area (Å²) in [7, 11) is 0. The van der Waals surface area contributed by atoms with E-state index < -0.39 is 0 Å². The number of carbonyl (C=O) groups excluding carboxylic acids is 2. The lowest BCUT2D eigenvalue weighted by Gasteiger charge is -2.26. The zero-order valence-corrected chi connectivity index (χ0v) is 16.0. The number of nitrogens with one attached hydrogen (secondary N) is 1. The van der Waals surface area contributed by atoms with Gasteiger partial charge in [0.1, 0.15) is 12.4 Å². The number of rotatable bonds is 8. The summed E-state index contributed by atoms with van der Waals surface area (Å²) in [6.07, 6.45) is 0.310. The SMILES string of the molecule is CCN1C[C@@H](C(=O)NCc2cccc(OCCN3CCOCC3)c2)CC1=O. The van der Waals surface area contributed by atoms with Gasteiger partial charge in [0.05, 0.1) is 19.1 Å². The molecule has 2 heterocycles. The molecule has 1 aromatic carbocycles. The van der Waals surface area contributed by atoms with Crippen LogP contribution in [0.2, 0.25) is 0 Å². The van der Waals surface area contributed by atoms with Crippen molar-refractivity contribution in [1.82, 2.24) is 15.1 Å². The number of amides is 2. The lowest BCUT2D eigenvalue weighted by Crippen LogP contribution is -2.38. The van der Waals surface area contributed by atoms with Gasteiger partial charge >= 0.3 is 0 Å². The normalized spacial score (nSPS) is 20.7. The smallest absolute Gasteiger partial charge is 0.225 e. The molecule has 0 bridgehead atoms. The van der Waals surface area contributed by atoms with E-state index in [1.165, 1.54) is 0 Å². The van der Waals surface area contributed by atoms with Crippen molar-refractivity contribution in [2.45, 2.75) is 19.9 Å². The number of carbonyl (C=O) groups is 2. The molecule has 2 saturated heterocycles. The molecule has 0 aromatic heterocycles. The lowest BCUT2D eigenvalue weighted by molar-refractivity contribution is -0.128. The first kappa shape index (κ1) is 19.6. The number of likely N-dealkylation sites (tertiary alicyclic amines) is 1. The fourth-order valence-corrected chi connectivity index (χ4v) is 3.45. The topological polar surface area (TPSA) is 71.1 Å². The van der Waals surface area contributed by atoms with Gasteiger partial charge in [-0.1, -0.05) is 12.1 Å². The van der Waals surface area contributed by atoms with Crippen LogP contribution in [-0.2, 0) is 20.9 Å². The summed E-state index contributed by atoms with van der Waals surface area (Å²) in [6.45, 7) is 8.55. The molecule has 0 aliphatic carbocycles. The van der Waals surface area contributed by atoms with Gasteiger partial charge in [-0.05, 0) is 24.6 Å². The highest BCUT2D eigenvalue weighted by molar-refractivity contribution is 5.89. The monoisotopic (exact) mass is 375 g/mol. The Labute approximate surface area is 160 Å². The number of hydrogen-bond donors (Lipinski definition) is 1. The minimum absolute atomic E-state index is 0.0575. The maximum atomic E-state index is 12.3. The first-order valence-corrected chi connectivity index (χ1v) is 9.73. The summed E-state index contributed by atoms with van der Waals surface area (Å²) in [5.41, 5.74) is 0.990. The molecule has 2 amide bonds. The van der Waals surface area contributed by atoms with Gasteiger partial charge in [-0.15, -0.1) is 0 Å². The quantitative estimate of drug-likeness (QED) is 0.731. The molecule has 0 radical (unpaired) electrons. The fraction of sp³-hybridized carbons (Fsp3) is 0.600. The fourth-order valence-electron chi connectivity index (χ4n) is 3.45. The molecule has 27 heavy (non-hydrogen) atoms. The van der Waals surface area contributed by atoms with Crippen LogP contribution in [0.15, 0.2) is 24.3 Å². The summed E-state index contributed by atoms with van der Waals surface area (Å²) in [5.74, 6) is 0.569. The van der Waals surface area contributed by atoms with Gasteiger partial charge in [-0.25, -0.2) is 0 Å². The zero-order valence-electron chi connectivity index (χ0n) is 16.0. The van der Waals surface area contributed by atoms with E-state index in [4.69, 9.17) is 9.47 Å². The largest absolute Gasteiger partial charge is 0.492 e. The summed E-state index contributed by atoms with van der Waals surface area (Å²) >= 11 is 0. The van der Waals surface area contributed by atoms with Crippen LogP contribution in [0.4, 0.5) is 0 Å². The van der Waals surface area contributed by atoms with Crippen molar-refractivity contribution in [2.24, 2.45) is 5.92 Å². The maximum Gasteiger partial charge on any atom is 0.225 e. The molecule has 3 rings (SSSR count). The van der Waals surface area contributed by atoms with Crippen LogP contribution in [0.5, 0.6) is 5.75 Å². The second-order valence-corrected chi connectivity index (χ2v) is 7.00. The van der Waals surface area contributed by atoms with E-state index in [-0.39, 0.29) is 17.7 Å². The molecule has 0 unspecified atom stereocenters. The van der Waals surface area contributed by atoms with Gasteiger partial charge in [0.25, 0.3) is 0 Å². The van der Waals surface area contributed by atoms with E-state index in [9.17, 15) is 9.59 Å². The highest BCUT2D eigenvalue weighted by atomic mass is 16.5. The average Bonchev–Trinajstić information content (AvgIpc) is 3.08. The second-order valence-electron chi connectivity index (χ2n) is 7.00. The number of benzene rings is 1. The lowest BCUT2D eigenvalue weighted by atomic mass is 10.1. The van der Waals surface area contributed by atoms with Crippen LogP contribution < -0.4 is 10.1 Å². The Morgan fingerprint density at radius 2 is 2.15 bits per heavy atom. The van der Waals surface area contributed by atoms with Crippen molar-refractivity contribution in [3.05, 3.63) is 29.8 Å². The molecule has 2 fully saturated rings. The Kier molecular flexibility index (Phi) is 7.06. The predicted molar refractivity (Wildman–Crippen MR) is 101 cm³/mol. The standard InChI is InChI=1S/C20H29N3O4/c1-2-23-15-17(13-19(23)24)20(25)21-14-16-4-3-5-18(12-16)27-11-8-22-6-9-26-10-7-22/h3-5,12,17H,2,6-11,13-15H2,1H3,(H,21,25)/t17-/m0/s1. The minimum Gasteiger partial charge on any atom is -0.492 e. The molecule has 2 aliphatic heterocycles. The van der Waals surface area contributed by atoms with Gasteiger partial charge < -0.3 is 19.7 Å². The Morgan fingerprint density at radius 1 is 1.33 bits per heavy atom. The van der Waals surface area contributed by atoms with Crippen molar-refractivity contribution < 1.29 is 19.1 Å². The van der Waals surface area contributed by atoms with Crippen molar-refractivity contribution in [2.75, 3.05) is 52.5 Å². The summed E-state index contributed by atoms with van der Waals surface area (Å²) in [5, 5.41) is 2.95. The zero-order chi connectivity index (χ0) is 19.1. The van der Waals surface area contributed by atoms with Gasteiger partial charge in [0, 0.05) is 45.7 Å². The molecule has 148 valence electrons. The molecule has 1 N–H and O–H groups in total. The van der Waals surface area contributed by atoms with Crippen molar-refractivity contribution in [1.29, 1.82) is 0 Å². The third kappa shape index (κ3) is 5.68. The third-order valence-electron chi connectivity index (χ3n) is 5.11. The summed E-state index contributed by atoms with van der Waals surface area (Å²) < 4.78 is 11.2. The van der Waals surface area contributed by atoms with E-state index >= 15 is 0 Å². The van der Waals surface area contributed by atoms with Crippen molar-refractivity contribution in [3.63, 3.8) is 0 Å². The van der Waals surface area contributed by atoms with Gasteiger partial charge in [-0.2, -0.15) is 0 Å². The molecule has 0 spiro atoms. The summed E-state index contributed by atoms with van der Waals surface area (Å²) in [6, 6.07) is 7.79. The Bertz CT molecular complexity index is 646.